The first-order chi connectivity index (χ1) is 8.36. The molecule has 0 saturated heterocycles. The van der Waals surface area contributed by atoms with Crippen molar-refractivity contribution >= 4 is 0 Å². The number of fused-ring (bicyclic) bond motifs is 1. The number of para-hydroxylation sites is 1. The molecule has 1 aromatic carbocycles. The summed E-state index contributed by atoms with van der Waals surface area (Å²) in [7, 11) is 0. The molecule has 0 saturated carbocycles. The van der Waals surface area contributed by atoms with Crippen LogP contribution >= 0.6 is 0 Å². The van der Waals surface area contributed by atoms with Crippen molar-refractivity contribution in [2.45, 2.75) is 18.9 Å². The second kappa shape index (κ2) is 4.22. The van der Waals surface area contributed by atoms with E-state index in [1.807, 2.05) is 18.2 Å². The Morgan fingerprint density at radius 2 is 2.29 bits per heavy atom. The van der Waals surface area contributed by atoms with E-state index in [9.17, 15) is 0 Å². The van der Waals surface area contributed by atoms with E-state index in [4.69, 9.17) is 10.5 Å². The Bertz CT molecular complexity index is 521. The highest BCUT2D eigenvalue weighted by atomic mass is 16.5. The molecular formula is C13H15N3O. The van der Waals surface area contributed by atoms with Gasteiger partial charge >= 0.3 is 0 Å². The molecule has 0 spiro atoms. The van der Waals surface area contributed by atoms with Crippen molar-refractivity contribution in [3.63, 3.8) is 0 Å². The van der Waals surface area contributed by atoms with Crippen LogP contribution in [-0.4, -0.2) is 16.6 Å². The monoisotopic (exact) mass is 229 g/mol. The van der Waals surface area contributed by atoms with Gasteiger partial charge in [-0.25, -0.2) is 4.98 Å². The van der Waals surface area contributed by atoms with Gasteiger partial charge in [-0.15, -0.1) is 0 Å². The van der Waals surface area contributed by atoms with Gasteiger partial charge in [-0.2, -0.15) is 0 Å². The van der Waals surface area contributed by atoms with E-state index in [0.717, 1.165) is 23.7 Å². The molecule has 3 N–H and O–H groups in total. The lowest BCUT2D eigenvalue weighted by Crippen LogP contribution is -2.20. The van der Waals surface area contributed by atoms with Crippen LogP contribution < -0.4 is 10.5 Å². The average Bonchev–Trinajstić information content (AvgIpc) is 2.87. The van der Waals surface area contributed by atoms with Gasteiger partial charge in [0.25, 0.3) is 0 Å². The lowest BCUT2D eigenvalue weighted by Gasteiger charge is -2.23. The van der Waals surface area contributed by atoms with Crippen LogP contribution in [0.25, 0.3) is 0 Å². The van der Waals surface area contributed by atoms with Crippen LogP contribution in [0.4, 0.5) is 0 Å². The maximum Gasteiger partial charge on any atom is 0.122 e. The molecule has 88 valence electrons. The second-order valence-electron chi connectivity index (χ2n) is 4.32. The predicted octanol–water partition coefficient (Wildman–Crippen LogP) is 1.59. The van der Waals surface area contributed by atoms with Crippen molar-refractivity contribution in [3.8, 4) is 5.75 Å². The molecule has 0 amide bonds. The molecule has 0 fully saturated rings. The maximum absolute atomic E-state index is 5.74. The average molecular weight is 229 g/mol. The van der Waals surface area contributed by atoms with Crippen molar-refractivity contribution in [1.82, 2.24) is 9.97 Å². The number of hydrogen-bond acceptors (Lipinski definition) is 3. The van der Waals surface area contributed by atoms with Gasteiger partial charge in [0.1, 0.15) is 11.6 Å². The Labute approximate surface area is 99.8 Å². The van der Waals surface area contributed by atoms with Gasteiger partial charge in [-0.3, -0.25) is 0 Å². The number of nitrogens with zero attached hydrogens (tertiary/aromatic N) is 1. The third-order valence-corrected chi connectivity index (χ3v) is 3.13. The normalized spacial score (nSPS) is 18.5. The minimum absolute atomic E-state index is 0.296. The summed E-state index contributed by atoms with van der Waals surface area (Å²) in [5, 5.41) is 0. The second-order valence-corrected chi connectivity index (χ2v) is 4.32. The predicted molar refractivity (Wildman–Crippen MR) is 64.9 cm³/mol. The molecule has 0 aliphatic carbocycles. The first-order valence-corrected chi connectivity index (χ1v) is 5.81. The summed E-state index contributed by atoms with van der Waals surface area (Å²) in [6, 6.07) is 8.16. The Balaban J connectivity index is 1.84. The first-order valence-electron chi connectivity index (χ1n) is 5.81. The molecule has 17 heavy (non-hydrogen) atoms. The molecule has 2 aromatic rings. The van der Waals surface area contributed by atoms with E-state index in [1.165, 1.54) is 5.56 Å². The highest BCUT2D eigenvalue weighted by Gasteiger charge is 2.23. The quantitative estimate of drug-likeness (QED) is 0.822. The summed E-state index contributed by atoms with van der Waals surface area (Å²) in [6.07, 6.45) is 2.77. The highest BCUT2D eigenvalue weighted by molar-refractivity contribution is 5.36. The number of ether oxygens (including phenoxy) is 1. The van der Waals surface area contributed by atoms with Gasteiger partial charge in [-0.1, -0.05) is 18.2 Å². The molecule has 4 heteroatoms. The topological polar surface area (TPSA) is 63.9 Å². The molecule has 1 aromatic heterocycles. The molecule has 3 rings (SSSR count). The van der Waals surface area contributed by atoms with Crippen molar-refractivity contribution in [2.75, 3.05) is 6.61 Å². The number of aromatic nitrogens is 2. The molecule has 1 aliphatic heterocycles. The van der Waals surface area contributed by atoms with Gasteiger partial charge < -0.3 is 15.5 Å². The van der Waals surface area contributed by atoms with Crippen molar-refractivity contribution in [3.05, 3.63) is 47.5 Å². The number of hydrogen-bond donors (Lipinski definition) is 2. The lowest BCUT2D eigenvalue weighted by molar-refractivity contribution is 0.258. The minimum atomic E-state index is 0.296. The highest BCUT2D eigenvalue weighted by Crippen LogP contribution is 2.30. The van der Waals surface area contributed by atoms with Crippen LogP contribution in [0.3, 0.4) is 0 Å². The summed E-state index contributed by atoms with van der Waals surface area (Å²) in [5.74, 6) is 2.26. The number of imidazole rings is 1. The molecule has 1 atom stereocenters. The minimum Gasteiger partial charge on any atom is -0.493 e. The van der Waals surface area contributed by atoms with Gasteiger partial charge in [0, 0.05) is 18.4 Å². The zero-order valence-electron chi connectivity index (χ0n) is 9.52. The van der Waals surface area contributed by atoms with E-state index < -0.39 is 0 Å². The smallest absolute Gasteiger partial charge is 0.122 e. The van der Waals surface area contributed by atoms with Gasteiger partial charge in [0.05, 0.1) is 12.5 Å². The summed E-state index contributed by atoms with van der Waals surface area (Å²) >= 11 is 0. The summed E-state index contributed by atoms with van der Waals surface area (Å²) < 4.78 is 5.74. The van der Waals surface area contributed by atoms with E-state index >= 15 is 0 Å². The van der Waals surface area contributed by atoms with E-state index in [2.05, 4.69) is 16.0 Å². The Morgan fingerprint density at radius 3 is 3.12 bits per heavy atom. The first kappa shape index (κ1) is 10.4. The Hall–Kier alpha value is -1.81. The molecule has 0 radical (unpaired) electrons. The lowest BCUT2D eigenvalue weighted by atomic mass is 9.96. The number of H-pyrrole nitrogens is 1. The number of benzene rings is 1. The fraction of sp³-hybridized carbons (Fsp3) is 0.308. The van der Waals surface area contributed by atoms with Crippen LogP contribution in [0, 0.1) is 0 Å². The molecule has 1 unspecified atom stereocenters. The fourth-order valence-corrected chi connectivity index (χ4v) is 2.19. The number of aromatic amines is 1. The zero-order chi connectivity index (χ0) is 11.7. The number of rotatable bonds is 2. The van der Waals surface area contributed by atoms with Gasteiger partial charge in [-0.05, 0) is 18.1 Å². The number of nitrogens with one attached hydrogen (secondary N) is 1. The van der Waals surface area contributed by atoms with Crippen LogP contribution in [0.1, 0.15) is 23.0 Å². The fourth-order valence-electron chi connectivity index (χ4n) is 2.19. The molecule has 4 nitrogen and oxygen atoms in total. The third-order valence-electron chi connectivity index (χ3n) is 3.13. The van der Waals surface area contributed by atoms with Crippen LogP contribution in [0.2, 0.25) is 0 Å². The maximum atomic E-state index is 5.74. The molecule has 2 heterocycles. The third kappa shape index (κ3) is 1.91. The van der Waals surface area contributed by atoms with E-state index in [1.54, 1.807) is 6.20 Å². The Morgan fingerprint density at radius 1 is 1.41 bits per heavy atom. The SMILES string of the molecule is NCc1cnc(C2COc3ccccc3C2)[nH]1. The van der Waals surface area contributed by atoms with Crippen molar-refractivity contribution in [1.29, 1.82) is 0 Å². The summed E-state index contributed by atoms with van der Waals surface area (Å²) in [4.78, 5) is 7.62. The van der Waals surface area contributed by atoms with Crippen LogP contribution in [-0.2, 0) is 13.0 Å². The molecular weight excluding hydrogens is 214 g/mol. The van der Waals surface area contributed by atoms with Crippen molar-refractivity contribution < 1.29 is 4.74 Å². The molecule has 1 aliphatic rings. The van der Waals surface area contributed by atoms with E-state index in [0.29, 0.717) is 19.1 Å². The van der Waals surface area contributed by atoms with E-state index in [-0.39, 0.29) is 0 Å². The standard InChI is InChI=1S/C13H15N3O/c14-6-11-7-15-13(16-11)10-5-9-3-1-2-4-12(9)17-8-10/h1-4,7,10H,5-6,8,14H2,(H,15,16). The van der Waals surface area contributed by atoms with Crippen LogP contribution in [0.15, 0.2) is 30.5 Å². The largest absolute Gasteiger partial charge is 0.493 e. The molecule has 0 bridgehead atoms. The van der Waals surface area contributed by atoms with Gasteiger partial charge in [0.15, 0.2) is 0 Å². The van der Waals surface area contributed by atoms with Crippen LogP contribution in [0.5, 0.6) is 5.75 Å². The zero-order valence-corrected chi connectivity index (χ0v) is 9.52. The van der Waals surface area contributed by atoms with Crippen molar-refractivity contribution in [2.24, 2.45) is 5.73 Å². The summed E-state index contributed by atoms with van der Waals surface area (Å²) in [6.45, 7) is 1.17. The van der Waals surface area contributed by atoms with Gasteiger partial charge in [0.2, 0.25) is 0 Å². The number of nitrogens with two attached hydrogens (primary N) is 1. The Kier molecular flexibility index (Phi) is 2.57. The summed E-state index contributed by atoms with van der Waals surface area (Å²) in [5.41, 5.74) is 7.78.